The van der Waals surface area contributed by atoms with Gasteiger partial charge in [0, 0.05) is 21.9 Å². The fraction of sp³-hybridized carbons (Fsp3) is 0.517. The highest BCUT2D eigenvalue weighted by Crippen LogP contribution is 2.35. The number of thiazole rings is 1. The molecule has 1 aliphatic heterocycles. The van der Waals surface area contributed by atoms with Crippen LogP contribution >= 0.6 is 23.1 Å². The van der Waals surface area contributed by atoms with Gasteiger partial charge in [0.1, 0.15) is 5.82 Å². The lowest BCUT2D eigenvalue weighted by molar-refractivity contribution is -0.0393. The minimum Gasteiger partial charge on any atom is -0.370 e. The smallest absolute Gasteiger partial charge is 0.188 e. The maximum atomic E-state index is 5.88. The number of rotatable bonds is 6. The molecule has 1 saturated carbocycles. The first-order valence-corrected chi connectivity index (χ1v) is 14.6. The minimum atomic E-state index is -0.139. The Hall–Kier alpha value is -1.89. The van der Waals surface area contributed by atoms with Gasteiger partial charge in [-0.05, 0) is 51.0 Å². The lowest BCUT2D eigenvalue weighted by atomic mass is 9.86. The van der Waals surface area contributed by atoms with Gasteiger partial charge in [0.15, 0.2) is 5.13 Å². The summed E-state index contributed by atoms with van der Waals surface area (Å²) in [5.41, 5.74) is 1.99. The molecular weight excluding hydrogens is 470 g/mol. The Labute approximate surface area is 219 Å². The van der Waals surface area contributed by atoms with Crippen LogP contribution in [0, 0.1) is 12.8 Å². The molecule has 0 saturated heterocycles. The van der Waals surface area contributed by atoms with Gasteiger partial charge in [0.25, 0.3) is 0 Å². The molecule has 1 aliphatic carbocycles. The van der Waals surface area contributed by atoms with Crippen molar-refractivity contribution in [2.75, 3.05) is 5.32 Å². The molecule has 4 nitrogen and oxygen atoms in total. The number of benzene rings is 1. The molecule has 3 heterocycles. The summed E-state index contributed by atoms with van der Waals surface area (Å²) in [7, 11) is 0. The monoisotopic (exact) mass is 509 g/mol. The van der Waals surface area contributed by atoms with Crippen molar-refractivity contribution in [2.24, 2.45) is 5.92 Å². The van der Waals surface area contributed by atoms with E-state index in [1.54, 1.807) is 23.1 Å². The summed E-state index contributed by atoms with van der Waals surface area (Å²) in [6, 6.07) is 14.5. The first kappa shape index (κ1) is 26.2. The van der Waals surface area contributed by atoms with Crippen LogP contribution in [0.15, 0.2) is 52.3 Å². The quantitative estimate of drug-likeness (QED) is 0.359. The summed E-state index contributed by atoms with van der Waals surface area (Å²) in [5.74, 6) is 1.93. The third-order valence-corrected chi connectivity index (χ3v) is 8.49. The van der Waals surface area contributed by atoms with E-state index in [1.807, 2.05) is 13.0 Å². The fourth-order valence-electron chi connectivity index (χ4n) is 4.78. The van der Waals surface area contributed by atoms with Gasteiger partial charge >= 0.3 is 0 Å². The molecule has 1 aromatic carbocycles. The molecule has 0 amide bonds. The van der Waals surface area contributed by atoms with Crippen LogP contribution < -0.4 is 5.32 Å². The molecule has 6 heteroatoms. The van der Waals surface area contributed by atoms with Crippen LogP contribution in [0.25, 0.3) is 0 Å². The average Bonchev–Trinajstić information content (AvgIpc) is 3.21. The van der Waals surface area contributed by atoms with Crippen LogP contribution in [-0.4, -0.2) is 15.6 Å². The zero-order valence-corrected chi connectivity index (χ0v) is 23.2. The molecule has 0 atom stereocenters. The van der Waals surface area contributed by atoms with Crippen LogP contribution in [0.4, 0.5) is 10.9 Å². The number of aryl methyl sites for hydroxylation is 1. The Morgan fingerprint density at radius 2 is 1.83 bits per heavy atom. The molecule has 0 radical (unpaired) electrons. The van der Waals surface area contributed by atoms with E-state index in [0.717, 1.165) is 39.6 Å². The summed E-state index contributed by atoms with van der Waals surface area (Å²) in [4.78, 5) is 13.0. The van der Waals surface area contributed by atoms with Crippen molar-refractivity contribution in [3.8, 4) is 0 Å². The topological polar surface area (TPSA) is 47.0 Å². The molecule has 0 unspecified atom stereocenters. The standard InChI is InChI=1S/C20H21N3OS2.C9H18/c1-13-9-15(25-14-7-5-4-6-8-14)10-18(21-13)23-19-22-16-11-20(2,3)24-12-17(16)26-19;1-2-6-9-7-4-3-5-8-9/h4-10H,11-12H2,1-3H3,(H,21,22,23);9H,2-8H2,1H3. The summed E-state index contributed by atoms with van der Waals surface area (Å²) >= 11 is 3.39. The van der Waals surface area contributed by atoms with Gasteiger partial charge < -0.3 is 10.1 Å². The summed E-state index contributed by atoms with van der Waals surface area (Å²) in [6.07, 6.45) is 11.3. The molecule has 188 valence electrons. The highest BCUT2D eigenvalue weighted by molar-refractivity contribution is 7.99. The van der Waals surface area contributed by atoms with Gasteiger partial charge in [-0.3, -0.25) is 0 Å². The van der Waals surface area contributed by atoms with Crippen LogP contribution in [0.1, 0.15) is 82.0 Å². The van der Waals surface area contributed by atoms with E-state index in [0.29, 0.717) is 6.61 Å². The predicted octanol–water partition coefficient (Wildman–Crippen LogP) is 8.96. The second-order valence-corrected chi connectivity index (χ2v) is 12.5. The third-order valence-electron chi connectivity index (χ3n) is 6.53. The number of hydrogen-bond donors (Lipinski definition) is 1. The van der Waals surface area contributed by atoms with Crippen LogP contribution in [0.3, 0.4) is 0 Å². The number of nitrogens with one attached hydrogen (secondary N) is 1. The molecule has 35 heavy (non-hydrogen) atoms. The first-order chi connectivity index (χ1) is 16.9. The van der Waals surface area contributed by atoms with Gasteiger partial charge in [-0.25, -0.2) is 9.97 Å². The number of nitrogens with zero attached hydrogens (tertiary/aromatic N) is 2. The van der Waals surface area contributed by atoms with E-state index in [-0.39, 0.29) is 5.60 Å². The molecule has 2 aromatic heterocycles. The summed E-state index contributed by atoms with van der Waals surface area (Å²) in [6.45, 7) is 9.17. The van der Waals surface area contributed by atoms with Crippen LogP contribution in [0.5, 0.6) is 0 Å². The Kier molecular flexibility index (Phi) is 9.26. The number of hydrogen-bond acceptors (Lipinski definition) is 6. The summed E-state index contributed by atoms with van der Waals surface area (Å²) < 4.78 is 5.88. The number of pyridine rings is 1. The zero-order chi connectivity index (χ0) is 24.7. The van der Waals surface area contributed by atoms with Crippen molar-refractivity contribution in [3.63, 3.8) is 0 Å². The molecule has 1 N–H and O–H groups in total. The largest absolute Gasteiger partial charge is 0.370 e. The molecule has 5 rings (SSSR count). The van der Waals surface area contributed by atoms with Gasteiger partial charge in [0.05, 0.1) is 22.8 Å². The number of fused-ring (bicyclic) bond motifs is 1. The Bertz CT molecular complexity index is 1070. The second kappa shape index (κ2) is 12.4. The Balaban J connectivity index is 0.000000271. The van der Waals surface area contributed by atoms with E-state index >= 15 is 0 Å². The zero-order valence-electron chi connectivity index (χ0n) is 21.6. The SMILES string of the molecule is CCCC1CCCCC1.Cc1cc(Sc2ccccc2)cc(Nc2nc3c(s2)COC(C)(C)C3)n1. The van der Waals surface area contributed by atoms with E-state index in [9.17, 15) is 0 Å². The molecule has 2 aliphatic rings. The van der Waals surface area contributed by atoms with E-state index in [2.05, 4.69) is 67.5 Å². The van der Waals surface area contributed by atoms with Gasteiger partial charge in [-0.1, -0.05) is 93.2 Å². The van der Waals surface area contributed by atoms with Gasteiger partial charge in [0.2, 0.25) is 0 Å². The first-order valence-electron chi connectivity index (χ1n) is 13.0. The average molecular weight is 510 g/mol. The maximum absolute atomic E-state index is 5.88. The van der Waals surface area contributed by atoms with Crippen LogP contribution in [0.2, 0.25) is 0 Å². The number of anilines is 2. The highest BCUT2D eigenvalue weighted by atomic mass is 32.2. The normalized spacial score (nSPS) is 17.3. The lowest BCUT2D eigenvalue weighted by Crippen LogP contribution is -2.31. The Morgan fingerprint density at radius 1 is 1.06 bits per heavy atom. The molecular formula is C29H39N3OS2. The minimum absolute atomic E-state index is 0.139. The molecule has 1 fully saturated rings. The van der Waals surface area contributed by atoms with E-state index in [4.69, 9.17) is 9.72 Å². The van der Waals surface area contributed by atoms with E-state index < -0.39 is 0 Å². The van der Waals surface area contributed by atoms with Crippen molar-refractivity contribution in [2.45, 2.75) is 101 Å². The fourth-order valence-corrected chi connectivity index (χ4v) is 6.64. The highest BCUT2D eigenvalue weighted by Gasteiger charge is 2.29. The van der Waals surface area contributed by atoms with Crippen molar-refractivity contribution in [1.82, 2.24) is 9.97 Å². The lowest BCUT2D eigenvalue weighted by Gasteiger charge is -2.28. The van der Waals surface area contributed by atoms with Crippen LogP contribution in [-0.2, 0) is 17.8 Å². The number of ether oxygens (including phenoxy) is 1. The van der Waals surface area contributed by atoms with Crippen molar-refractivity contribution < 1.29 is 4.74 Å². The van der Waals surface area contributed by atoms with Crippen molar-refractivity contribution in [3.05, 3.63) is 58.7 Å². The second-order valence-electron chi connectivity index (χ2n) is 10.3. The maximum Gasteiger partial charge on any atom is 0.188 e. The van der Waals surface area contributed by atoms with Gasteiger partial charge in [-0.15, -0.1) is 0 Å². The van der Waals surface area contributed by atoms with Crippen molar-refractivity contribution in [1.29, 1.82) is 0 Å². The molecule has 0 spiro atoms. The molecule has 0 bridgehead atoms. The Morgan fingerprint density at radius 3 is 2.57 bits per heavy atom. The predicted molar refractivity (Wildman–Crippen MR) is 149 cm³/mol. The van der Waals surface area contributed by atoms with Gasteiger partial charge in [-0.2, -0.15) is 0 Å². The summed E-state index contributed by atoms with van der Waals surface area (Å²) in [5, 5.41) is 4.26. The molecule has 3 aromatic rings. The third kappa shape index (κ3) is 8.06. The number of aromatic nitrogens is 2. The van der Waals surface area contributed by atoms with E-state index in [1.165, 1.54) is 54.7 Å². The van der Waals surface area contributed by atoms with Crippen molar-refractivity contribution >= 4 is 34.0 Å².